The summed E-state index contributed by atoms with van der Waals surface area (Å²) in [6, 6.07) is 70.7. The zero-order chi connectivity index (χ0) is 31.9. The van der Waals surface area contributed by atoms with Crippen LogP contribution in [0, 0.1) is 0 Å². The Balaban J connectivity index is 1.01. The molecular formula is C48H32. The Morgan fingerprint density at radius 1 is 0.188 bits per heavy atom. The predicted molar refractivity (Wildman–Crippen MR) is 206 cm³/mol. The van der Waals surface area contributed by atoms with E-state index in [0.29, 0.717) is 0 Å². The predicted octanol–water partition coefficient (Wildman–Crippen LogP) is 13.5. The van der Waals surface area contributed by atoms with Gasteiger partial charge in [-0.15, -0.1) is 0 Å². The van der Waals surface area contributed by atoms with E-state index in [1.54, 1.807) is 0 Å². The van der Waals surface area contributed by atoms with E-state index in [9.17, 15) is 0 Å². The molecule has 0 heteroatoms. The van der Waals surface area contributed by atoms with Crippen molar-refractivity contribution in [2.45, 2.75) is 0 Å². The van der Waals surface area contributed by atoms with Crippen molar-refractivity contribution in [2.24, 2.45) is 0 Å². The van der Waals surface area contributed by atoms with Crippen molar-refractivity contribution in [3.63, 3.8) is 0 Å². The third-order valence-corrected chi connectivity index (χ3v) is 9.68. The van der Waals surface area contributed by atoms with E-state index in [-0.39, 0.29) is 0 Å². The second-order valence-electron chi connectivity index (χ2n) is 12.6. The highest BCUT2D eigenvalue weighted by molar-refractivity contribution is 6.05. The summed E-state index contributed by atoms with van der Waals surface area (Å²) in [6.45, 7) is 0. The Kier molecular flexibility index (Phi) is 6.91. The molecule has 0 fully saturated rings. The summed E-state index contributed by atoms with van der Waals surface area (Å²) in [7, 11) is 0. The summed E-state index contributed by atoms with van der Waals surface area (Å²) in [5.74, 6) is 0. The molecule has 9 aromatic rings. The van der Waals surface area contributed by atoms with E-state index >= 15 is 0 Å². The van der Waals surface area contributed by atoms with Crippen LogP contribution in [-0.2, 0) is 0 Å². The second kappa shape index (κ2) is 11.8. The molecule has 0 spiro atoms. The molecule has 9 aromatic carbocycles. The smallest absolute Gasteiger partial charge is 0.00992 e. The Bertz CT molecular complexity index is 2570. The largest absolute Gasteiger partial charge is 0.0622 e. The number of hydrogen-bond acceptors (Lipinski definition) is 0. The lowest BCUT2D eigenvalue weighted by atomic mass is 9.90. The minimum atomic E-state index is 1.22. The lowest BCUT2D eigenvalue weighted by molar-refractivity contribution is 1.60. The summed E-state index contributed by atoms with van der Waals surface area (Å²) in [6.07, 6.45) is 0. The Morgan fingerprint density at radius 2 is 0.521 bits per heavy atom. The summed E-state index contributed by atoms with van der Waals surface area (Å²) < 4.78 is 0. The molecule has 48 heavy (non-hydrogen) atoms. The van der Waals surface area contributed by atoms with Gasteiger partial charge in [0.1, 0.15) is 0 Å². The van der Waals surface area contributed by atoms with Crippen LogP contribution in [0.15, 0.2) is 194 Å². The van der Waals surface area contributed by atoms with Gasteiger partial charge in [0.15, 0.2) is 0 Å². The number of benzene rings is 9. The fraction of sp³-hybridized carbons (Fsp3) is 0. The third-order valence-electron chi connectivity index (χ3n) is 9.68. The molecule has 0 atom stereocenters. The van der Waals surface area contributed by atoms with Gasteiger partial charge in [0.2, 0.25) is 0 Å². The number of fused-ring (bicyclic) bond motifs is 3. The average molecular weight is 609 g/mol. The van der Waals surface area contributed by atoms with Gasteiger partial charge in [0.05, 0.1) is 0 Å². The quantitative estimate of drug-likeness (QED) is 0.182. The first-order chi connectivity index (χ1) is 23.8. The van der Waals surface area contributed by atoms with E-state index in [1.807, 2.05) is 0 Å². The van der Waals surface area contributed by atoms with Crippen LogP contribution >= 0.6 is 0 Å². The molecule has 0 heterocycles. The fourth-order valence-electron chi connectivity index (χ4n) is 7.09. The molecule has 0 radical (unpaired) electrons. The van der Waals surface area contributed by atoms with Crippen LogP contribution in [0.4, 0.5) is 0 Å². The molecule has 0 N–H and O–H groups in total. The molecule has 0 bridgehead atoms. The highest BCUT2D eigenvalue weighted by atomic mass is 14.1. The maximum Gasteiger partial charge on any atom is -0.00992 e. The zero-order valence-electron chi connectivity index (χ0n) is 26.5. The molecule has 224 valence electrons. The maximum absolute atomic E-state index is 2.30. The highest BCUT2D eigenvalue weighted by Crippen LogP contribution is 2.37. The van der Waals surface area contributed by atoms with Gasteiger partial charge < -0.3 is 0 Å². The van der Waals surface area contributed by atoms with Gasteiger partial charge in [-0.05, 0) is 106 Å². The number of hydrogen-bond donors (Lipinski definition) is 0. The SMILES string of the molecule is c1ccc(-c2ccc3cc(-c4ccc(-c5ccc(-c6ccc(-c7ccc8ccccc8c7)cc6)c6ccccc56)cc4)ccc3c2)cc1. The van der Waals surface area contributed by atoms with Crippen LogP contribution in [0.1, 0.15) is 0 Å². The second-order valence-corrected chi connectivity index (χ2v) is 12.6. The normalized spacial score (nSPS) is 11.3. The molecule has 0 nitrogen and oxygen atoms in total. The van der Waals surface area contributed by atoms with E-state index in [1.165, 1.54) is 88.0 Å². The summed E-state index contributed by atoms with van der Waals surface area (Å²) in [4.78, 5) is 0. The lowest BCUT2D eigenvalue weighted by Gasteiger charge is -2.13. The Labute approximate surface area is 281 Å². The summed E-state index contributed by atoms with van der Waals surface area (Å²) in [5, 5.41) is 7.58. The van der Waals surface area contributed by atoms with E-state index < -0.39 is 0 Å². The standard InChI is InChI=1S/C48H32/c1-2-8-33(9-3-1)40-24-26-44-32-42(25-27-43(44)31-40)36-16-21-38(22-17-36)46-29-28-45(47-12-6-7-13-48(46)47)37-19-14-35(15-20-37)41-23-18-34-10-4-5-11-39(34)30-41/h1-32H. The summed E-state index contributed by atoms with van der Waals surface area (Å²) in [5.41, 5.74) is 12.4. The van der Waals surface area contributed by atoms with Crippen LogP contribution in [-0.4, -0.2) is 0 Å². The van der Waals surface area contributed by atoms with Crippen molar-refractivity contribution < 1.29 is 0 Å². The first-order valence-electron chi connectivity index (χ1n) is 16.6. The van der Waals surface area contributed by atoms with Crippen molar-refractivity contribution in [2.75, 3.05) is 0 Å². The maximum atomic E-state index is 2.30. The molecule has 0 unspecified atom stereocenters. The van der Waals surface area contributed by atoms with Crippen LogP contribution in [0.3, 0.4) is 0 Å². The van der Waals surface area contributed by atoms with E-state index in [0.717, 1.165) is 0 Å². The molecule has 9 rings (SSSR count). The minimum Gasteiger partial charge on any atom is -0.0622 e. The zero-order valence-corrected chi connectivity index (χ0v) is 26.5. The van der Waals surface area contributed by atoms with Gasteiger partial charge in [0.25, 0.3) is 0 Å². The lowest BCUT2D eigenvalue weighted by Crippen LogP contribution is -1.87. The molecule has 0 aliphatic rings. The van der Waals surface area contributed by atoms with Gasteiger partial charge in [-0.1, -0.05) is 176 Å². The van der Waals surface area contributed by atoms with Crippen LogP contribution in [0.5, 0.6) is 0 Å². The van der Waals surface area contributed by atoms with Crippen LogP contribution in [0.2, 0.25) is 0 Å². The first kappa shape index (κ1) is 28.0. The molecule has 0 aromatic heterocycles. The van der Waals surface area contributed by atoms with Crippen molar-refractivity contribution in [1.82, 2.24) is 0 Å². The first-order valence-corrected chi connectivity index (χ1v) is 16.6. The molecule has 0 saturated heterocycles. The van der Waals surface area contributed by atoms with Crippen molar-refractivity contribution in [3.05, 3.63) is 194 Å². The topological polar surface area (TPSA) is 0 Å². The monoisotopic (exact) mass is 608 g/mol. The molecular weight excluding hydrogens is 577 g/mol. The van der Waals surface area contributed by atoms with Gasteiger partial charge in [-0.25, -0.2) is 0 Å². The van der Waals surface area contributed by atoms with Crippen molar-refractivity contribution in [1.29, 1.82) is 0 Å². The Morgan fingerprint density at radius 3 is 1.02 bits per heavy atom. The van der Waals surface area contributed by atoms with Crippen LogP contribution < -0.4 is 0 Å². The third kappa shape index (κ3) is 5.14. The van der Waals surface area contributed by atoms with Crippen LogP contribution in [0.25, 0.3) is 88.0 Å². The molecule has 0 saturated carbocycles. The van der Waals surface area contributed by atoms with Gasteiger partial charge in [-0.3, -0.25) is 0 Å². The molecule has 0 amide bonds. The molecule has 0 aliphatic carbocycles. The van der Waals surface area contributed by atoms with E-state index in [4.69, 9.17) is 0 Å². The Hall–Kier alpha value is -6.24. The average Bonchev–Trinajstić information content (AvgIpc) is 3.17. The minimum absolute atomic E-state index is 1.22. The highest BCUT2D eigenvalue weighted by Gasteiger charge is 2.11. The fourth-order valence-corrected chi connectivity index (χ4v) is 7.09. The number of rotatable bonds is 5. The van der Waals surface area contributed by atoms with Gasteiger partial charge in [0, 0.05) is 0 Å². The van der Waals surface area contributed by atoms with Gasteiger partial charge >= 0.3 is 0 Å². The van der Waals surface area contributed by atoms with Crippen molar-refractivity contribution >= 4 is 32.3 Å². The van der Waals surface area contributed by atoms with Crippen molar-refractivity contribution in [3.8, 4) is 55.6 Å². The van der Waals surface area contributed by atoms with E-state index in [2.05, 4.69) is 194 Å². The summed E-state index contributed by atoms with van der Waals surface area (Å²) >= 11 is 0. The van der Waals surface area contributed by atoms with Gasteiger partial charge in [-0.2, -0.15) is 0 Å². The molecule has 0 aliphatic heterocycles.